The first-order chi connectivity index (χ1) is 12.8. The van der Waals surface area contributed by atoms with Crippen molar-refractivity contribution >= 4 is 34.3 Å². The molecule has 9 nitrogen and oxygen atoms in total. The summed E-state index contributed by atoms with van der Waals surface area (Å²) < 4.78 is 5.47. The number of amides is 2. The van der Waals surface area contributed by atoms with Crippen LogP contribution in [-0.4, -0.2) is 46.2 Å². The van der Waals surface area contributed by atoms with Crippen molar-refractivity contribution in [1.29, 1.82) is 0 Å². The van der Waals surface area contributed by atoms with Crippen molar-refractivity contribution in [3.8, 4) is 0 Å². The number of hydrogen-bond donors (Lipinski definition) is 4. The van der Waals surface area contributed by atoms with Gasteiger partial charge in [-0.25, -0.2) is 9.78 Å². The molecule has 0 saturated carbocycles. The Labute approximate surface area is 160 Å². The highest BCUT2D eigenvalue weighted by Crippen LogP contribution is 2.20. The minimum Gasteiger partial charge on any atom is -0.478 e. The van der Waals surface area contributed by atoms with Crippen LogP contribution in [-0.2, 0) is 14.3 Å². The minimum absolute atomic E-state index is 0.183. The first-order valence-electron chi connectivity index (χ1n) is 8.32. The van der Waals surface area contributed by atoms with Gasteiger partial charge in [0.05, 0.1) is 12.3 Å². The second-order valence-electron chi connectivity index (χ2n) is 6.21. The van der Waals surface area contributed by atoms with Crippen molar-refractivity contribution in [3.63, 3.8) is 0 Å². The van der Waals surface area contributed by atoms with Crippen LogP contribution in [0.25, 0.3) is 0 Å². The van der Waals surface area contributed by atoms with Gasteiger partial charge < -0.3 is 26.2 Å². The lowest BCUT2D eigenvalue weighted by atomic mass is 10.0. The molecular formula is C17H22N4O5S. The summed E-state index contributed by atoms with van der Waals surface area (Å²) in [6.07, 6.45) is 7.09. The van der Waals surface area contributed by atoms with Crippen LogP contribution >= 0.6 is 11.3 Å². The third kappa shape index (κ3) is 5.90. The van der Waals surface area contributed by atoms with Gasteiger partial charge in [0, 0.05) is 0 Å². The summed E-state index contributed by atoms with van der Waals surface area (Å²) in [4.78, 5) is 39.5. The summed E-state index contributed by atoms with van der Waals surface area (Å²) in [6.45, 7) is 3.59. The molecule has 0 saturated heterocycles. The zero-order valence-electron chi connectivity index (χ0n) is 14.9. The summed E-state index contributed by atoms with van der Waals surface area (Å²) in [5.74, 6) is -2.64. The van der Waals surface area contributed by atoms with Gasteiger partial charge in [-0.05, 0) is 12.3 Å². The molecule has 1 aromatic heterocycles. The third-order valence-electron chi connectivity index (χ3n) is 3.73. The Hall–Kier alpha value is -2.72. The van der Waals surface area contributed by atoms with Crippen LogP contribution in [0.1, 0.15) is 29.9 Å². The predicted octanol–water partition coefficient (Wildman–Crippen LogP) is 1.11. The SMILES string of the molecule is CC(C)C(Nc1ncc(C(N)=O)s1)C(=O)NC(OC1C=CC=CC1)C(=O)O. The van der Waals surface area contributed by atoms with Gasteiger partial charge in [0.2, 0.25) is 12.1 Å². The molecule has 146 valence electrons. The maximum absolute atomic E-state index is 12.6. The molecule has 1 aliphatic carbocycles. The van der Waals surface area contributed by atoms with E-state index >= 15 is 0 Å². The highest BCUT2D eigenvalue weighted by molar-refractivity contribution is 7.17. The second kappa shape index (κ2) is 9.28. The molecule has 0 radical (unpaired) electrons. The van der Waals surface area contributed by atoms with Gasteiger partial charge in [-0.3, -0.25) is 9.59 Å². The third-order valence-corrected chi connectivity index (χ3v) is 4.67. The molecule has 0 spiro atoms. The largest absolute Gasteiger partial charge is 0.478 e. The number of ether oxygens (including phenoxy) is 1. The molecule has 1 heterocycles. The smallest absolute Gasteiger partial charge is 0.354 e. The Morgan fingerprint density at radius 2 is 2.11 bits per heavy atom. The van der Waals surface area contributed by atoms with E-state index < -0.39 is 36.2 Å². The first kappa shape index (κ1) is 20.6. The van der Waals surface area contributed by atoms with E-state index in [1.807, 2.05) is 12.2 Å². The first-order valence-corrected chi connectivity index (χ1v) is 9.13. The average Bonchev–Trinajstić information content (AvgIpc) is 3.08. The van der Waals surface area contributed by atoms with Crippen molar-refractivity contribution in [2.75, 3.05) is 5.32 Å². The fourth-order valence-corrected chi connectivity index (χ4v) is 3.03. The zero-order chi connectivity index (χ0) is 20.0. The summed E-state index contributed by atoms with van der Waals surface area (Å²) in [5.41, 5.74) is 5.20. The van der Waals surface area contributed by atoms with Crippen molar-refractivity contribution in [2.45, 2.75) is 38.6 Å². The number of carbonyl (C=O) groups is 3. The number of nitrogens with one attached hydrogen (secondary N) is 2. The lowest BCUT2D eigenvalue weighted by molar-refractivity contribution is -0.158. The molecule has 27 heavy (non-hydrogen) atoms. The van der Waals surface area contributed by atoms with Crippen LogP contribution in [0.3, 0.4) is 0 Å². The number of nitrogens with two attached hydrogens (primary N) is 1. The van der Waals surface area contributed by atoms with Gasteiger partial charge >= 0.3 is 5.97 Å². The fourth-order valence-electron chi connectivity index (χ4n) is 2.33. The van der Waals surface area contributed by atoms with Crippen LogP contribution < -0.4 is 16.4 Å². The molecule has 3 atom stereocenters. The van der Waals surface area contributed by atoms with Crippen LogP contribution in [0, 0.1) is 5.92 Å². The average molecular weight is 394 g/mol. The van der Waals surface area contributed by atoms with Gasteiger partial charge in [0.1, 0.15) is 10.9 Å². The van der Waals surface area contributed by atoms with Gasteiger partial charge in [-0.1, -0.05) is 49.5 Å². The second-order valence-corrected chi connectivity index (χ2v) is 7.24. The Morgan fingerprint density at radius 3 is 2.63 bits per heavy atom. The predicted molar refractivity (Wildman–Crippen MR) is 100 cm³/mol. The van der Waals surface area contributed by atoms with E-state index in [0.717, 1.165) is 11.3 Å². The highest BCUT2D eigenvalue weighted by Gasteiger charge is 2.30. The lowest BCUT2D eigenvalue weighted by Gasteiger charge is -2.25. The number of aromatic nitrogens is 1. The van der Waals surface area contributed by atoms with Crippen LogP contribution in [0.2, 0.25) is 0 Å². The number of anilines is 1. The summed E-state index contributed by atoms with van der Waals surface area (Å²) in [6, 6.07) is -0.774. The van der Waals surface area contributed by atoms with E-state index in [4.69, 9.17) is 10.5 Å². The van der Waals surface area contributed by atoms with Gasteiger partial charge in [-0.15, -0.1) is 0 Å². The number of nitrogens with zero attached hydrogens (tertiary/aromatic N) is 1. The van der Waals surface area contributed by atoms with E-state index in [9.17, 15) is 19.5 Å². The molecule has 3 unspecified atom stereocenters. The molecule has 0 bridgehead atoms. The molecule has 2 amide bonds. The Balaban J connectivity index is 2.04. The molecule has 0 aromatic carbocycles. The monoisotopic (exact) mass is 394 g/mol. The van der Waals surface area contributed by atoms with E-state index in [1.165, 1.54) is 6.20 Å². The highest BCUT2D eigenvalue weighted by atomic mass is 32.1. The molecule has 5 N–H and O–H groups in total. The zero-order valence-corrected chi connectivity index (χ0v) is 15.7. The van der Waals surface area contributed by atoms with E-state index in [-0.39, 0.29) is 10.8 Å². The molecule has 0 aliphatic heterocycles. The van der Waals surface area contributed by atoms with E-state index in [2.05, 4.69) is 15.6 Å². The number of rotatable bonds is 9. The minimum atomic E-state index is -1.49. The maximum Gasteiger partial charge on any atom is 0.354 e. The lowest BCUT2D eigenvalue weighted by Crippen LogP contribution is -2.51. The quantitative estimate of drug-likeness (QED) is 0.459. The number of primary amides is 1. The number of hydrogen-bond acceptors (Lipinski definition) is 7. The van der Waals surface area contributed by atoms with Crippen molar-refractivity contribution < 1.29 is 24.2 Å². The Morgan fingerprint density at radius 1 is 1.37 bits per heavy atom. The van der Waals surface area contributed by atoms with E-state index in [1.54, 1.807) is 26.0 Å². The van der Waals surface area contributed by atoms with Crippen LogP contribution in [0.5, 0.6) is 0 Å². The van der Waals surface area contributed by atoms with Gasteiger partial charge in [0.25, 0.3) is 5.91 Å². The Bertz CT molecular complexity index is 758. The number of carboxylic acid groups (broad SMARTS) is 1. The van der Waals surface area contributed by atoms with E-state index in [0.29, 0.717) is 11.6 Å². The fraction of sp³-hybridized carbons (Fsp3) is 0.412. The van der Waals surface area contributed by atoms with Crippen LogP contribution in [0.4, 0.5) is 5.13 Å². The number of allylic oxidation sites excluding steroid dienone is 2. The van der Waals surface area contributed by atoms with Crippen LogP contribution in [0.15, 0.2) is 30.5 Å². The molecular weight excluding hydrogens is 372 g/mol. The number of thiazole rings is 1. The summed E-state index contributed by atoms with van der Waals surface area (Å²) in [7, 11) is 0. The molecule has 10 heteroatoms. The van der Waals surface area contributed by atoms with Gasteiger partial charge in [0.15, 0.2) is 5.13 Å². The van der Waals surface area contributed by atoms with Crippen molar-refractivity contribution in [1.82, 2.24) is 10.3 Å². The normalized spacial score (nSPS) is 18.1. The maximum atomic E-state index is 12.6. The number of carboxylic acids is 1. The number of carbonyl (C=O) groups excluding carboxylic acids is 2. The molecule has 0 fully saturated rings. The molecule has 1 aliphatic rings. The molecule has 1 aromatic rings. The topological polar surface area (TPSA) is 144 Å². The standard InChI is InChI=1S/C17H22N4O5S/c1-9(2)12(20-17-19-8-11(27-17)13(18)22)14(23)21-15(16(24)25)26-10-6-4-3-5-7-10/h3-6,8-10,12,15H,7H2,1-2H3,(H2,18,22)(H,19,20)(H,21,23)(H,24,25). The van der Waals surface area contributed by atoms with Crippen molar-refractivity contribution in [2.24, 2.45) is 11.7 Å². The summed E-state index contributed by atoms with van der Waals surface area (Å²) in [5, 5.41) is 15.0. The Kier molecular flexibility index (Phi) is 7.08. The van der Waals surface area contributed by atoms with Crippen molar-refractivity contribution in [3.05, 3.63) is 35.4 Å². The van der Waals surface area contributed by atoms with Gasteiger partial charge in [-0.2, -0.15) is 0 Å². The summed E-state index contributed by atoms with van der Waals surface area (Å²) >= 11 is 1.02. The number of aliphatic carboxylic acids is 1. The molecule has 2 rings (SSSR count).